The van der Waals surface area contributed by atoms with Gasteiger partial charge in [-0.25, -0.2) is 0 Å². The quantitative estimate of drug-likeness (QED) is 0.142. The maximum Gasteiger partial charge on any atom is 0.223 e. The number of nitrogens with two attached hydrogens (primary N) is 2. The summed E-state index contributed by atoms with van der Waals surface area (Å²) in [6, 6.07) is 15.2. The molecule has 2 aromatic rings. The van der Waals surface area contributed by atoms with E-state index >= 15 is 0 Å². The molecule has 0 bridgehead atoms. The average molecular weight is 423 g/mol. The first-order valence-electron chi connectivity index (χ1n) is 10.9. The van der Waals surface area contributed by atoms with Gasteiger partial charge >= 0.3 is 0 Å². The van der Waals surface area contributed by atoms with Gasteiger partial charge in [0.15, 0.2) is 5.84 Å². The summed E-state index contributed by atoms with van der Waals surface area (Å²) < 4.78 is 0. The van der Waals surface area contributed by atoms with Crippen LogP contribution in [0.4, 0.5) is 0 Å². The number of amides is 1. The number of benzene rings is 2. The monoisotopic (exact) mass is 422 g/mol. The Labute approximate surface area is 185 Å². The molecule has 0 spiro atoms. The second-order valence-corrected chi connectivity index (χ2v) is 8.11. The first-order chi connectivity index (χ1) is 14.9. The molecule has 0 saturated heterocycles. The van der Waals surface area contributed by atoms with Crippen LogP contribution in [0.2, 0.25) is 0 Å². The van der Waals surface area contributed by atoms with Gasteiger partial charge in [0, 0.05) is 18.5 Å². The maximum atomic E-state index is 12.9. The summed E-state index contributed by atoms with van der Waals surface area (Å²) in [5.74, 6) is 5.72. The number of amidine groups is 1. The second-order valence-electron chi connectivity index (χ2n) is 8.11. The van der Waals surface area contributed by atoms with Crippen molar-refractivity contribution in [2.45, 2.75) is 59.0 Å². The van der Waals surface area contributed by atoms with Crippen LogP contribution < -0.4 is 11.6 Å². The number of unbranched alkanes of at least 4 members (excludes halogenated alkanes) is 2. The SMILES string of the molecule is CCCCCC(=O)N(Cc1ccc(-c2ccccc2/C(N)=N/N)cc1)C(C=O)C(C)C. The highest BCUT2D eigenvalue weighted by Crippen LogP contribution is 2.25. The van der Waals surface area contributed by atoms with Crippen LogP contribution in [0.1, 0.15) is 57.6 Å². The average Bonchev–Trinajstić information content (AvgIpc) is 2.78. The van der Waals surface area contributed by atoms with Gasteiger partial charge in [0.05, 0.1) is 6.04 Å². The van der Waals surface area contributed by atoms with E-state index in [-0.39, 0.29) is 17.7 Å². The zero-order chi connectivity index (χ0) is 22.8. The van der Waals surface area contributed by atoms with Crippen LogP contribution in [0.5, 0.6) is 0 Å². The zero-order valence-corrected chi connectivity index (χ0v) is 18.8. The minimum absolute atomic E-state index is 0.0283. The van der Waals surface area contributed by atoms with Crippen LogP contribution in [-0.4, -0.2) is 29.0 Å². The van der Waals surface area contributed by atoms with Crippen LogP contribution in [-0.2, 0) is 16.1 Å². The number of nitrogens with zero attached hydrogens (tertiary/aromatic N) is 2. The Morgan fingerprint density at radius 1 is 1.10 bits per heavy atom. The van der Waals surface area contributed by atoms with Crippen molar-refractivity contribution in [3.8, 4) is 11.1 Å². The number of rotatable bonds is 11. The number of hydrazone groups is 1. The molecule has 166 valence electrons. The minimum Gasteiger partial charge on any atom is -0.382 e. The molecule has 1 unspecified atom stereocenters. The molecule has 0 aromatic heterocycles. The second kappa shape index (κ2) is 11.9. The zero-order valence-electron chi connectivity index (χ0n) is 18.8. The van der Waals surface area contributed by atoms with E-state index in [1.54, 1.807) is 4.90 Å². The number of carbonyl (C=O) groups excluding carboxylic acids is 2. The van der Waals surface area contributed by atoms with Gasteiger partial charge in [0.25, 0.3) is 0 Å². The molecule has 4 N–H and O–H groups in total. The molecule has 0 heterocycles. The van der Waals surface area contributed by atoms with E-state index < -0.39 is 6.04 Å². The van der Waals surface area contributed by atoms with E-state index in [2.05, 4.69) is 12.0 Å². The molecule has 0 aliphatic rings. The Kier molecular flexibility index (Phi) is 9.25. The molecule has 0 aliphatic carbocycles. The largest absolute Gasteiger partial charge is 0.382 e. The van der Waals surface area contributed by atoms with Crippen LogP contribution in [0.15, 0.2) is 53.6 Å². The Hall–Kier alpha value is -3.15. The van der Waals surface area contributed by atoms with E-state index in [1.165, 1.54) is 0 Å². The molecule has 0 fully saturated rings. The lowest BCUT2D eigenvalue weighted by molar-refractivity contribution is -0.138. The lowest BCUT2D eigenvalue weighted by atomic mass is 9.97. The Morgan fingerprint density at radius 3 is 2.35 bits per heavy atom. The fourth-order valence-corrected chi connectivity index (χ4v) is 3.63. The Balaban J connectivity index is 2.27. The summed E-state index contributed by atoms with van der Waals surface area (Å²) in [6.07, 6.45) is 4.26. The van der Waals surface area contributed by atoms with Gasteiger partial charge in [0.1, 0.15) is 6.29 Å². The summed E-state index contributed by atoms with van der Waals surface area (Å²) in [4.78, 5) is 26.4. The van der Waals surface area contributed by atoms with Crippen molar-refractivity contribution in [1.82, 2.24) is 4.90 Å². The third kappa shape index (κ3) is 6.41. The summed E-state index contributed by atoms with van der Waals surface area (Å²) >= 11 is 0. The Bertz CT molecular complexity index is 891. The topological polar surface area (TPSA) is 102 Å². The van der Waals surface area contributed by atoms with Crippen LogP contribution in [0, 0.1) is 5.92 Å². The molecule has 2 aromatic carbocycles. The van der Waals surface area contributed by atoms with Crippen LogP contribution in [0.3, 0.4) is 0 Å². The van der Waals surface area contributed by atoms with Gasteiger partial charge in [-0.1, -0.05) is 82.1 Å². The third-order valence-corrected chi connectivity index (χ3v) is 5.46. The molecule has 1 atom stereocenters. The van der Waals surface area contributed by atoms with Crippen molar-refractivity contribution in [3.63, 3.8) is 0 Å². The predicted molar refractivity (Wildman–Crippen MR) is 126 cm³/mol. The van der Waals surface area contributed by atoms with Crippen LogP contribution >= 0.6 is 0 Å². The smallest absolute Gasteiger partial charge is 0.223 e. The number of hydrogen-bond acceptors (Lipinski definition) is 4. The van der Waals surface area contributed by atoms with Crippen molar-refractivity contribution in [1.29, 1.82) is 0 Å². The third-order valence-electron chi connectivity index (χ3n) is 5.46. The number of aldehydes is 1. The summed E-state index contributed by atoms with van der Waals surface area (Å²) in [5, 5.41) is 3.61. The molecular formula is C25H34N4O2. The van der Waals surface area contributed by atoms with Crippen molar-refractivity contribution in [3.05, 3.63) is 59.7 Å². The van der Waals surface area contributed by atoms with Gasteiger partial charge in [-0.15, -0.1) is 0 Å². The highest BCUT2D eigenvalue weighted by molar-refractivity contribution is 6.03. The summed E-state index contributed by atoms with van der Waals surface area (Å²) in [7, 11) is 0. The molecule has 6 heteroatoms. The molecule has 0 saturated carbocycles. The van der Waals surface area contributed by atoms with Crippen molar-refractivity contribution < 1.29 is 9.59 Å². The molecule has 1 amide bonds. The first kappa shape index (κ1) is 24.1. The van der Waals surface area contributed by atoms with Crippen molar-refractivity contribution in [2.24, 2.45) is 22.6 Å². The first-order valence-corrected chi connectivity index (χ1v) is 10.9. The van der Waals surface area contributed by atoms with E-state index in [0.29, 0.717) is 13.0 Å². The molecular weight excluding hydrogens is 388 g/mol. The maximum absolute atomic E-state index is 12.9. The molecule has 31 heavy (non-hydrogen) atoms. The standard InChI is InChI=1S/C25H34N4O2/c1-4-5-6-11-24(31)29(23(17-30)18(2)3)16-19-12-14-20(15-13-19)21-9-7-8-10-22(21)25(26)28-27/h7-10,12-15,17-18,23H,4-6,11,16,27H2,1-3H3,(H2,26,28). The molecule has 2 rings (SSSR count). The van der Waals surface area contributed by atoms with Gasteiger partial charge in [0.2, 0.25) is 5.91 Å². The lowest BCUT2D eigenvalue weighted by Gasteiger charge is -2.31. The van der Waals surface area contributed by atoms with E-state index in [1.807, 2.05) is 62.4 Å². The van der Waals surface area contributed by atoms with E-state index in [0.717, 1.165) is 47.8 Å². The molecule has 0 aliphatic heterocycles. The molecule has 6 nitrogen and oxygen atoms in total. The number of hydrogen-bond donors (Lipinski definition) is 2. The van der Waals surface area contributed by atoms with Gasteiger partial charge in [-0.05, 0) is 29.0 Å². The van der Waals surface area contributed by atoms with Crippen molar-refractivity contribution in [2.75, 3.05) is 0 Å². The Morgan fingerprint density at radius 2 is 1.77 bits per heavy atom. The van der Waals surface area contributed by atoms with Gasteiger partial charge < -0.3 is 21.3 Å². The fourth-order valence-electron chi connectivity index (χ4n) is 3.63. The van der Waals surface area contributed by atoms with E-state index in [9.17, 15) is 9.59 Å². The summed E-state index contributed by atoms with van der Waals surface area (Å²) in [6.45, 7) is 6.45. The van der Waals surface area contributed by atoms with Gasteiger partial charge in [-0.2, -0.15) is 5.10 Å². The summed E-state index contributed by atoms with van der Waals surface area (Å²) in [5.41, 5.74) is 9.58. The highest BCUT2D eigenvalue weighted by Gasteiger charge is 2.25. The fraction of sp³-hybridized carbons (Fsp3) is 0.400. The molecule has 0 radical (unpaired) electrons. The highest BCUT2D eigenvalue weighted by atomic mass is 16.2. The van der Waals surface area contributed by atoms with Crippen LogP contribution in [0.25, 0.3) is 11.1 Å². The minimum atomic E-state index is -0.435. The van der Waals surface area contributed by atoms with Gasteiger partial charge in [-0.3, -0.25) is 4.79 Å². The predicted octanol–water partition coefficient (Wildman–Crippen LogP) is 4.07. The normalized spacial score (nSPS) is 12.6. The van der Waals surface area contributed by atoms with Crippen molar-refractivity contribution >= 4 is 18.0 Å². The van der Waals surface area contributed by atoms with E-state index in [4.69, 9.17) is 11.6 Å². The number of carbonyl (C=O) groups is 2. The lowest BCUT2D eigenvalue weighted by Crippen LogP contribution is -2.43.